The van der Waals surface area contributed by atoms with Crippen LogP contribution in [-0.4, -0.2) is 17.6 Å². The van der Waals surface area contributed by atoms with E-state index in [0.29, 0.717) is 10.4 Å². The van der Waals surface area contributed by atoms with E-state index in [4.69, 9.17) is 0 Å². The normalized spacial score (nSPS) is 13.5. The van der Waals surface area contributed by atoms with Gasteiger partial charge in [0.1, 0.15) is 0 Å². The molecule has 1 heterocycles. The Balaban J connectivity index is 1.59. The van der Waals surface area contributed by atoms with Gasteiger partial charge in [0.25, 0.3) is 11.7 Å². The van der Waals surface area contributed by atoms with Crippen molar-refractivity contribution in [3.05, 3.63) is 56.8 Å². The Morgan fingerprint density at radius 1 is 0.960 bits per heavy atom. The number of ketones is 1. The van der Waals surface area contributed by atoms with Crippen LogP contribution in [0.5, 0.6) is 0 Å². The molecule has 130 valence electrons. The molecule has 3 rings (SSSR count). The molecule has 2 aromatic rings. The maximum Gasteiger partial charge on any atom is 0.310 e. The number of rotatable bonds is 3. The average Bonchev–Trinajstić information content (AvgIpc) is 2.90. The second kappa shape index (κ2) is 7.61. The molecule has 0 spiro atoms. The van der Waals surface area contributed by atoms with Crippen molar-refractivity contribution in [3.63, 3.8) is 0 Å². The first-order valence-electron chi connectivity index (χ1n) is 8.38. The van der Waals surface area contributed by atoms with E-state index in [-0.39, 0.29) is 5.91 Å². The van der Waals surface area contributed by atoms with Gasteiger partial charge < -0.3 is 0 Å². The van der Waals surface area contributed by atoms with Crippen LogP contribution in [0.25, 0.3) is 0 Å². The van der Waals surface area contributed by atoms with E-state index in [2.05, 4.69) is 10.9 Å². The van der Waals surface area contributed by atoms with Gasteiger partial charge in [0.15, 0.2) is 0 Å². The Kier molecular flexibility index (Phi) is 5.28. The van der Waals surface area contributed by atoms with Crippen LogP contribution in [0.15, 0.2) is 30.3 Å². The Hall–Kier alpha value is -2.47. The summed E-state index contributed by atoms with van der Waals surface area (Å²) in [7, 11) is 0. The van der Waals surface area contributed by atoms with E-state index < -0.39 is 11.7 Å². The summed E-state index contributed by atoms with van der Waals surface area (Å²) in [5.74, 6) is -1.92. The average molecular weight is 356 g/mol. The second-order valence-corrected chi connectivity index (χ2v) is 7.36. The van der Waals surface area contributed by atoms with Crippen molar-refractivity contribution in [3.8, 4) is 0 Å². The van der Waals surface area contributed by atoms with Gasteiger partial charge in [0, 0.05) is 10.4 Å². The number of fused-ring (bicyclic) bond motifs is 1. The first kappa shape index (κ1) is 17.4. The van der Waals surface area contributed by atoms with Crippen molar-refractivity contribution in [1.29, 1.82) is 0 Å². The molecule has 6 heteroatoms. The second-order valence-electron chi connectivity index (χ2n) is 6.22. The summed E-state index contributed by atoms with van der Waals surface area (Å²) < 4.78 is 0. The fourth-order valence-electron chi connectivity index (χ4n) is 2.85. The van der Waals surface area contributed by atoms with Crippen molar-refractivity contribution in [2.75, 3.05) is 0 Å². The van der Waals surface area contributed by atoms with E-state index in [1.54, 1.807) is 24.3 Å². The molecule has 0 atom stereocenters. The predicted molar refractivity (Wildman–Crippen MR) is 96.7 cm³/mol. The maximum absolute atomic E-state index is 12.2. The van der Waals surface area contributed by atoms with Gasteiger partial charge in [-0.3, -0.25) is 25.2 Å². The molecule has 0 saturated heterocycles. The van der Waals surface area contributed by atoms with Crippen LogP contribution in [-0.2, 0) is 17.6 Å². The monoisotopic (exact) mass is 356 g/mol. The summed E-state index contributed by atoms with van der Waals surface area (Å²) in [6, 6.07) is 8.61. The zero-order chi connectivity index (χ0) is 17.8. The van der Waals surface area contributed by atoms with Crippen LogP contribution in [0.2, 0.25) is 0 Å². The highest BCUT2D eigenvalue weighted by atomic mass is 32.1. The molecule has 1 aromatic heterocycles. The van der Waals surface area contributed by atoms with Crippen LogP contribution in [0.3, 0.4) is 0 Å². The molecule has 0 bridgehead atoms. The number of carbonyl (C=O) groups is 3. The van der Waals surface area contributed by atoms with Gasteiger partial charge >= 0.3 is 5.91 Å². The van der Waals surface area contributed by atoms with Crippen LogP contribution in [0.1, 0.15) is 55.3 Å². The highest BCUT2D eigenvalue weighted by molar-refractivity contribution is 7.14. The molecule has 1 aromatic carbocycles. The Morgan fingerprint density at radius 3 is 2.44 bits per heavy atom. The summed E-state index contributed by atoms with van der Waals surface area (Å²) >= 11 is 1.47. The third-order valence-corrected chi connectivity index (χ3v) is 5.52. The van der Waals surface area contributed by atoms with Crippen molar-refractivity contribution in [1.82, 2.24) is 10.9 Å². The molecule has 0 aliphatic heterocycles. The number of hydrogen-bond acceptors (Lipinski definition) is 4. The molecule has 1 aliphatic carbocycles. The molecule has 0 saturated carbocycles. The van der Waals surface area contributed by atoms with Crippen molar-refractivity contribution < 1.29 is 14.4 Å². The number of carbonyl (C=O) groups excluding carboxylic acids is 3. The van der Waals surface area contributed by atoms with Gasteiger partial charge in [-0.25, -0.2) is 0 Å². The van der Waals surface area contributed by atoms with Crippen molar-refractivity contribution in [2.24, 2.45) is 0 Å². The minimum atomic E-state index is -0.852. The van der Waals surface area contributed by atoms with E-state index in [0.717, 1.165) is 31.2 Å². The number of benzene rings is 1. The Morgan fingerprint density at radius 2 is 1.68 bits per heavy atom. The summed E-state index contributed by atoms with van der Waals surface area (Å²) in [6.45, 7) is 1.90. The summed E-state index contributed by atoms with van der Waals surface area (Å²) in [5, 5.41) is 0. The first-order valence-corrected chi connectivity index (χ1v) is 9.19. The molecule has 2 amide bonds. The minimum Gasteiger partial charge on any atom is -0.283 e. The van der Waals surface area contributed by atoms with E-state index >= 15 is 0 Å². The lowest BCUT2D eigenvalue weighted by atomic mass is 10.1. The van der Waals surface area contributed by atoms with Crippen molar-refractivity contribution >= 4 is 28.9 Å². The number of Topliss-reactive ketones (excluding diaryl/α,β-unsaturated/α-hetero) is 1. The fraction of sp³-hybridized carbons (Fsp3) is 0.316. The number of thiophene rings is 1. The SMILES string of the molecule is Cc1ccc(C(=O)C(=O)NNC(=O)c2cc3c(s2)CCCCC3)cc1. The molecule has 1 aliphatic rings. The van der Waals surface area contributed by atoms with E-state index in [1.807, 2.05) is 13.0 Å². The molecular weight excluding hydrogens is 336 g/mol. The minimum absolute atomic E-state index is 0.292. The molecule has 5 nitrogen and oxygen atoms in total. The molecule has 0 unspecified atom stereocenters. The fourth-order valence-corrected chi connectivity index (χ4v) is 4.00. The molecule has 25 heavy (non-hydrogen) atoms. The lowest BCUT2D eigenvalue weighted by Gasteiger charge is -2.06. The van der Waals surface area contributed by atoms with Crippen LogP contribution in [0.4, 0.5) is 0 Å². The van der Waals surface area contributed by atoms with Crippen LogP contribution in [0, 0.1) is 6.92 Å². The smallest absolute Gasteiger partial charge is 0.283 e. The van der Waals surface area contributed by atoms with Gasteiger partial charge in [-0.2, -0.15) is 0 Å². The summed E-state index contributed by atoms with van der Waals surface area (Å²) in [5.41, 5.74) is 7.07. The third-order valence-electron chi connectivity index (χ3n) is 4.28. The standard InChI is InChI=1S/C19H20N2O3S/c1-12-7-9-13(10-8-12)17(22)19(24)21-20-18(23)16-11-14-5-3-2-4-6-15(14)25-16/h7-11H,2-6H2,1H3,(H,20,23)(H,21,24). The van der Waals surface area contributed by atoms with E-state index in [9.17, 15) is 14.4 Å². The zero-order valence-electron chi connectivity index (χ0n) is 14.1. The Bertz CT molecular complexity index is 785. The van der Waals surface area contributed by atoms with Crippen molar-refractivity contribution in [2.45, 2.75) is 39.0 Å². The first-order chi connectivity index (χ1) is 12.0. The number of nitrogens with one attached hydrogen (secondary N) is 2. The molecule has 0 radical (unpaired) electrons. The third kappa shape index (κ3) is 4.14. The quantitative estimate of drug-likeness (QED) is 0.384. The highest BCUT2D eigenvalue weighted by Gasteiger charge is 2.19. The zero-order valence-corrected chi connectivity index (χ0v) is 14.9. The Labute approximate surface area is 150 Å². The molecule has 2 N–H and O–H groups in total. The van der Waals surface area contributed by atoms with Gasteiger partial charge in [-0.05, 0) is 44.2 Å². The number of aryl methyl sites for hydroxylation is 3. The maximum atomic E-state index is 12.2. The largest absolute Gasteiger partial charge is 0.310 e. The predicted octanol–water partition coefficient (Wildman–Crippen LogP) is 2.97. The molecule has 0 fully saturated rings. The topological polar surface area (TPSA) is 75.3 Å². The lowest BCUT2D eigenvalue weighted by Crippen LogP contribution is -2.44. The molecular formula is C19H20N2O3S. The summed E-state index contributed by atoms with van der Waals surface area (Å²) in [6.07, 6.45) is 5.52. The van der Waals surface area contributed by atoms with Gasteiger partial charge in [-0.1, -0.05) is 36.2 Å². The number of hydrazine groups is 1. The highest BCUT2D eigenvalue weighted by Crippen LogP contribution is 2.28. The van der Waals surface area contributed by atoms with Crippen LogP contribution >= 0.6 is 11.3 Å². The summed E-state index contributed by atoms with van der Waals surface area (Å²) in [4.78, 5) is 38.0. The lowest BCUT2D eigenvalue weighted by molar-refractivity contribution is -0.117. The van der Waals surface area contributed by atoms with Gasteiger partial charge in [0.05, 0.1) is 4.88 Å². The van der Waals surface area contributed by atoms with Gasteiger partial charge in [-0.15, -0.1) is 11.3 Å². The van der Waals surface area contributed by atoms with Gasteiger partial charge in [0.2, 0.25) is 0 Å². The van der Waals surface area contributed by atoms with Crippen LogP contribution < -0.4 is 10.9 Å². The van der Waals surface area contributed by atoms with E-state index in [1.165, 1.54) is 28.2 Å². The number of hydrogen-bond donors (Lipinski definition) is 2. The number of amides is 2.